The summed E-state index contributed by atoms with van der Waals surface area (Å²) in [7, 11) is 0. The quantitative estimate of drug-likeness (QED) is 0.259. The van der Waals surface area contributed by atoms with Crippen molar-refractivity contribution in [1.29, 1.82) is 0 Å². The second-order valence-electron chi connectivity index (χ2n) is 4.11. The number of hydrogen-bond donors (Lipinski definition) is 2. The summed E-state index contributed by atoms with van der Waals surface area (Å²) in [4.78, 5) is 20.0. The SMILES string of the molecule is C=NC1=Nc2c(ccn2CCC(O)CCO)C(=O)[I-]1. The first-order valence-electron chi connectivity index (χ1n) is 5.88. The minimum atomic E-state index is -0.832. The molecular formula is C12H15IN3O3-. The van der Waals surface area contributed by atoms with Gasteiger partial charge in [0.15, 0.2) is 0 Å². The van der Waals surface area contributed by atoms with E-state index in [1.807, 2.05) is 4.57 Å². The number of aromatic nitrogens is 1. The molecule has 104 valence electrons. The van der Waals surface area contributed by atoms with Crippen LogP contribution >= 0.6 is 0 Å². The van der Waals surface area contributed by atoms with Gasteiger partial charge in [-0.3, -0.25) is 0 Å². The topological polar surface area (TPSA) is 87.2 Å². The van der Waals surface area contributed by atoms with Crippen molar-refractivity contribution in [3.05, 3.63) is 17.8 Å². The van der Waals surface area contributed by atoms with Gasteiger partial charge in [-0.15, -0.1) is 0 Å². The van der Waals surface area contributed by atoms with E-state index in [0.29, 0.717) is 34.6 Å². The summed E-state index contributed by atoms with van der Waals surface area (Å²) in [5.41, 5.74) is 0.636. The number of aliphatic imine (C=N–C) groups is 2. The number of carbonyl (C=O) groups excluding carboxylic acids is 1. The molecule has 1 aromatic heterocycles. The molecule has 1 aliphatic rings. The van der Waals surface area contributed by atoms with Gasteiger partial charge in [-0.05, 0) is 0 Å². The van der Waals surface area contributed by atoms with Gasteiger partial charge in [-0.1, -0.05) is 0 Å². The molecule has 0 aromatic carbocycles. The van der Waals surface area contributed by atoms with Gasteiger partial charge in [-0.2, -0.15) is 0 Å². The third-order valence-electron chi connectivity index (χ3n) is 2.81. The van der Waals surface area contributed by atoms with Gasteiger partial charge in [0.05, 0.1) is 0 Å². The van der Waals surface area contributed by atoms with Crippen LogP contribution in [-0.4, -0.2) is 41.8 Å². The number of fused-ring (bicyclic) bond motifs is 1. The molecule has 0 fully saturated rings. The molecule has 0 amide bonds. The predicted molar refractivity (Wildman–Crippen MR) is 67.7 cm³/mol. The van der Waals surface area contributed by atoms with Crippen molar-refractivity contribution < 1.29 is 36.2 Å². The summed E-state index contributed by atoms with van der Waals surface area (Å²) < 4.78 is 2.47. The molecule has 2 N–H and O–H groups in total. The molecule has 1 unspecified atom stereocenters. The number of nitrogens with zero attached hydrogens (tertiary/aromatic N) is 3. The molecule has 1 atom stereocenters. The van der Waals surface area contributed by atoms with Crippen molar-refractivity contribution in [3.8, 4) is 0 Å². The molecule has 2 rings (SSSR count). The zero-order chi connectivity index (χ0) is 13.8. The van der Waals surface area contributed by atoms with Crippen LogP contribution in [0.3, 0.4) is 0 Å². The summed E-state index contributed by atoms with van der Waals surface area (Å²) >= 11 is -0.832. The standard InChI is InChI=1S/C12H15IN3O3/c1-14-12-13-10(19)9-3-6-16(11(9)15-12)5-2-8(18)4-7-17/h3,6,8,17-18H,1-2,4-5,7H2/q-1. The van der Waals surface area contributed by atoms with Crippen LogP contribution in [0.5, 0.6) is 0 Å². The Bertz CT molecular complexity index is 524. The number of aliphatic hydroxyl groups is 2. The van der Waals surface area contributed by atoms with Gasteiger partial charge in [0.25, 0.3) is 0 Å². The Morgan fingerprint density at radius 3 is 3.00 bits per heavy atom. The summed E-state index contributed by atoms with van der Waals surface area (Å²) in [6, 6.07) is 1.76. The van der Waals surface area contributed by atoms with E-state index in [0.717, 1.165) is 0 Å². The zero-order valence-corrected chi connectivity index (χ0v) is 12.4. The number of aliphatic hydroxyl groups excluding tert-OH is 2. The van der Waals surface area contributed by atoms with Crippen LogP contribution in [0.15, 0.2) is 22.2 Å². The van der Waals surface area contributed by atoms with Crippen molar-refractivity contribution in [2.45, 2.75) is 25.5 Å². The minimum absolute atomic E-state index is 0.0312. The van der Waals surface area contributed by atoms with Crippen LogP contribution in [0.2, 0.25) is 0 Å². The molecule has 0 spiro atoms. The van der Waals surface area contributed by atoms with E-state index < -0.39 is 27.3 Å². The zero-order valence-electron chi connectivity index (χ0n) is 10.3. The van der Waals surface area contributed by atoms with E-state index in [4.69, 9.17) is 5.11 Å². The normalized spacial score (nSPS) is 16.3. The van der Waals surface area contributed by atoms with Crippen LogP contribution in [0.1, 0.15) is 23.2 Å². The van der Waals surface area contributed by atoms with Crippen LogP contribution < -0.4 is 21.2 Å². The number of aryl methyl sites for hydroxylation is 1. The third kappa shape index (κ3) is 3.28. The molecule has 0 saturated carbocycles. The van der Waals surface area contributed by atoms with Crippen LogP contribution in [0.25, 0.3) is 0 Å². The van der Waals surface area contributed by atoms with Gasteiger partial charge >= 0.3 is 121 Å². The van der Waals surface area contributed by atoms with Gasteiger partial charge in [0.2, 0.25) is 0 Å². The van der Waals surface area contributed by atoms with Gasteiger partial charge in [-0.25, -0.2) is 0 Å². The average molecular weight is 376 g/mol. The Kier molecular flexibility index (Phi) is 4.83. The van der Waals surface area contributed by atoms with Gasteiger partial charge in [0, 0.05) is 0 Å². The van der Waals surface area contributed by atoms with E-state index in [2.05, 4.69) is 16.7 Å². The Hall–Kier alpha value is -1.06. The predicted octanol–water partition coefficient (Wildman–Crippen LogP) is -2.45. The summed E-state index contributed by atoms with van der Waals surface area (Å²) in [6.45, 7) is 3.94. The molecule has 0 aliphatic carbocycles. The van der Waals surface area contributed by atoms with E-state index in [-0.39, 0.29) is 10.4 Å². The monoisotopic (exact) mass is 376 g/mol. The van der Waals surface area contributed by atoms with Crippen LogP contribution in [-0.2, 0) is 6.54 Å². The molecule has 2 heterocycles. The third-order valence-corrected chi connectivity index (χ3v) is 4.95. The summed E-state index contributed by atoms with van der Waals surface area (Å²) in [5.74, 6) is 0.606. The van der Waals surface area contributed by atoms with Crippen molar-refractivity contribution in [3.63, 3.8) is 0 Å². The maximum absolute atomic E-state index is 11.9. The first-order chi connectivity index (χ1) is 9.15. The van der Waals surface area contributed by atoms with Crippen LogP contribution in [0, 0.1) is 0 Å². The molecule has 1 aromatic rings. The summed E-state index contributed by atoms with van der Waals surface area (Å²) in [6.07, 6.45) is 2.12. The first-order valence-corrected chi connectivity index (χ1v) is 8.04. The molecule has 6 nitrogen and oxygen atoms in total. The number of rotatable bonds is 5. The van der Waals surface area contributed by atoms with E-state index in [1.165, 1.54) is 0 Å². The van der Waals surface area contributed by atoms with Crippen molar-refractivity contribution in [1.82, 2.24) is 4.57 Å². The second-order valence-corrected chi connectivity index (χ2v) is 6.59. The molecule has 19 heavy (non-hydrogen) atoms. The van der Waals surface area contributed by atoms with E-state index in [1.54, 1.807) is 12.3 Å². The number of hydrogen-bond acceptors (Lipinski definition) is 5. The van der Waals surface area contributed by atoms with E-state index >= 15 is 0 Å². The molecule has 1 aliphatic heterocycles. The molecular weight excluding hydrogens is 361 g/mol. The van der Waals surface area contributed by atoms with Gasteiger partial charge < -0.3 is 0 Å². The number of carbonyl (C=O) groups is 1. The Labute approximate surface area is 121 Å². The number of amidine groups is 1. The Morgan fingerprint density at radius 2 is 2.32 bits per heavy atom. The Morgan fingerprint density at radius 1 is 1.53 bits per heavy atom. The van der Waals surface area contributed by atoms with Crippen molar-refractivity contribution in [2.75, 3.05) is 6.61 Å². The fourth-order valence-corrected chi connectivity index (χ4v) is 3.47. The fraction of sp³-hybridized carbons (Fsp3) is 0.417. The molecule has 7 heteroatoms. The fourth-order valence-electron chi connectivity index (χ4n) is 1.81. The maximum atomic E-state index is 11.9. The van der Waals surface area contributed by atoms with Crippen molar-refractivity contribution >= 4 is 20.2 Å². The molecule has 0 saturated heterocycles. The van der Waals surface area contributed by atoms with Crippen molar-refractivity contribution in [2.24, 2.45) is 9.98 Å². The van der Waals surface area contributed by atoms with E-state index in [9.17, 15) is 9.90 Å². The molecule has 0 radical (unpaired) electrons. The summed E-state index contributed by atoms with van der Waals surface area (Å²) in [5, 5.41) is 18.3. The van der Waals surface area contributed by atoms with Gasteiger partial charge in [0.1, 0.15) is 0 Å². The molecule has 0 bridgehead atoms. The number of halogens is 1. The van der Waals surface area contributed by atoms with Crippen LogP contribution in [0.4, 0.5) is 5.82 Å². The Balaban J connectivity index is 2.15. The average Bonchev–Trinajstić information content (AvgIpc) is 2.80. The first kappa shape index (κ1) is 14.4. The second kappa shape index (κ2) is 6.40.